The summed E-state index contributed by atoms with van der Waals surface area (Å²) in [7, 11) is 0. The summed E-state index contributed by atoms with van der Waals surface area (Å²) in [6.07, 6.45) is 3.90. The van der Waals surface area contributed by atoms with Gasteiger partial charge in [-0.05, 0) is 6.07 Å². The number of carbonyl (C=O) groups is 1. The van der Waals surface area contributed by atoms with Crippen LogP contribution in [-0.4, -0.2) is 47.2 Å². The summed E-state index contributed by atoms with van der Waals surface area (Å²) in [5, 5.41) is 15.2. The number of ether oxygens (including phenoxy) is 1. The lowest BCUT2D eigenvalue weighted by atomic mass is 10.4. The van der Waals surface area contributed by atoms with Gasteiger partial charge in [0.05, 0.1) is 19.8 Å². The minimum atomic E-state index is -0.0249. The molecule has 0 aliphatic heterocycles. The first-order chi connectivity index (χ1) is 7.83. The summed E-state index contributed by atoms with van der Waals surface area (Å²) in [5.74, 6) is -0.0249. The Bertz CT molecular complexity index is 288. The maximum absolute atomic E-state index is 11.3. The SMILES string of the molecule is O=C(CCn1cccn1)NCCOCCO. The van der Waals surface area contributed by atoms with E-state index in [2.05, 4.69) is 10.4 Å². The number of aryl methyl sites for hydroxylation is 1. The van der Waals surface area contributed by atoms with E-state index in [-0.39, 0.29) is 12.5 Å². The largest absolute Gasteiger partial charge is 0.394 e. The second-order valence-electron chi connectivity index (χ2n) is 3.21. The lowest BCUT2D eigenvalue weighted by molar-refractivity contribution is -0.121. The zero-order chi connectivity index (χ0) is 11.6. The molecule has 0 spiro atoms. The number of rotatable bonds is 8. The molecule has 0 aliphatic rings. The van der Waals surface area contributed by atoms with Crippen LogP contribution >= 0.6 is 0 Å². The van der Waals surface area contributed by atoms with Crippen molar-refractivity contribution in [3.05, 3.63) is 18.5 Å². The van der Waals surface area contributed by atoms with Gasteiger partial charge in [0, 0.05) is 31.9 Å². The third kappa shape index (κ3) is 5.47. The number of aliphatic hydroxyl groups excluding tert-OH is 1. The van der Waals surface area contributed by atoms with Crippen LogP contribution in [0.4, 0.5) is 0 Å². The van der Waals surface area contributed by atoms with Crippen molar-refractivity contribution in [1.29, 1.82) is 0 Å². The Morgan fingerprint density at radius 1 is 1.50 bits per heavy atom. The molecule has 0 radical (unpaired) electrons. The minimum Gasteiger partial charge on any atom is -0.394 e. The number of nitrogens with zero attached hydrogens (tertiary/aromatic N) is 2. The topological polar surface area (TPSA) is 76.4 Å². The van der Waals surface area contributed by atoms with E-state index >= 15 is 0 Å². The van der Waals surface area contributed by atoms with Crippen LogP contribution in [0.3, 0.4) is 0 Å². The van der Waals surface area contributed by atoms with Gasteiger partial charge in [-0.25, -0.2) is 0 Å². The molecule has 90 valence electrons. The standard InChI is InChI=1S/C10H17N3O3/c14-7-9-16-8-4-11-10(15)2-6-13-5-1-3-12-13/h1,3,5,14H,2,4,6-9H2,(H,11,15). The molecule has 0 fully saturated rings. The molecule has 1 amide bonds. The van der Waals surface area contributed by atoms with Crippen molar-refractivity contribution in [3.63, 3.8) is 0 Å². The first kappa shape index (κ1) is 12.7. The molecule has 6 nitrogen and oxygen atoms in total. The van der Waals surface area contributed by atoms with E-state index < -0.39 is 0 Å². The van der Waals surface area contributed by atoms with Crippen LogP contribution in [0.25, 0.3) is 0 Å². The fourth-order valence-corrected chi connectivity index (χ4v) is 1.17. The van der Waals surface area contributed by atoms with E-state index in [1.165, 1.54) is 0 Å². The van der Waals surface area contributed by atoms with E-state index in [0.29, 0.717) is 32.7 Å². The smallest absolute Gasteiger partial charge is 0.221 e. The molecule has 0 unspecified atom stereocenters. The molecular formula is C10H17N3O3. The summed E-state index contributed by atoms with van der Waals surface area (Å²) in [5.41, 5.74) is 0. The van der Waals surface area contributed by atoms with Crippen molar-refractivity contribution >= 4 is 5.91 Å². The Hall–Kier alpha value is -1.40. The van der Waals surface area contributed by atoms with Crippen molar-refractivity contribution < 1.29 is 14.6 Å². The Kier molecular flexibility index (Phi) is 6.20. The molecule has 0 saturated carbocycles. The number of hydrogen-bond acceptors (Lipinski definition) is 4. The molecule has 0 atom stereocenters. The second-order valence-corrected chi connectivity index (χ2v) is 3.21. The fourth-order valence-electron chi connectivity index (χ4n) is 1.17. The van der Waals surface area contributed by atoms with Crippen LogP contribution in [-0.2, 0) is 16.1 Å². The van der Waals surface area contributed by atoms with Crippen molar-refractivity contribution in [2.24, 2.45) is 0 Å². The normalized spacial score (nSPS) is 10.3. The first-order valence-corrected chi connectivity index (χ1v) is 5.25. The number of carbonyl (C=O) groups excluding carboxylic acids is 1. The average Bonchev–Trinajstić information content (AvgIpc) is 2.79. The molecule has 0 aliphatic carbocycles. The van der Waals surface area contributed by atoms with Crippen LogP contribution in [0.1, 0.15) is 6.42 Å². The highest BCUT2D eigenvalue weighted by Gasteiger charge is 2.00. The zero-order valence-electron chi connectivity index (χ0n) is 9.13. The van der Waals surface area contributed by atoms with E-state index in [0.717, 1.165) is 0 Å². The van der Waals surface area contributed by atoms with Crippen LogP contribution in [0.15, 0.2) is 18.5 Å². The summed E-state index contributed by atoms with van der Waals surface area (Å²) in [6, 6.07) is 1.82. The fraction of sp³-hybridized carbons (Fsp3) is 0.600. The number of nitrogens with one attached hydrogen (secondary N) is 1. The Balaban J connectivity index is 1.99. The predicted molar refractivity (Wildman–Crippen MR) is 57.8 cm³/mol. The van der Waals surface area contributed by atoms with E-state index in [1.807, 2.05) is 12.3 Å². The highest BCUT2D eigenvalue weighted by Crippen LogP contribution is 1.89. The van der Waals surface area contributed by atoms with Crippen molar-refractivity contribution in [2.75, 3.05) is 26.4 Å². The highest BCUT2D eigenvalue weighted by atomic mass is 16.5. The zero-order valence-corrected chi connectivity index (χ0v) is 9.13. The van der Waals surface area contributed by atoms with E-state index in [9.17, 15) is 4.79 Å². The van der Waals surface area contributed by atoms with E-state index in [4.69, 9.17) is 9.84 Å². The molecule has 0 saturated heterocycles. The van der Waals surface area contributed by atoms with Crippen molar-refractivity contribution in [3.8, 4) is 0 Å². The quantitative estimate of drug-likeness (QED) is 0.581. The van der Waals surface area contributed by atoms with Crippen LogP contribution < -0.4 is 5.32 Å². The Morgan fingerprint density at radius 2 is 2.38 bits per heavy atom. The summed E-state index contributed by atoms with van der Waals surface area (Å²) in [4.78, 5) is 11.3. The van der Waals surface area contributed by atoms with Gasteiger partial charge < -0.3 is 15.2 Å². The number of amides is 1. The Labute approximate surface area is 94.2 Å². The van der Waals surface area contributed by atoms with Gasteiger partial charge >= 0.3 is 0 Å². The second kappa shape index (κ2) is 7.84. The van der Waals surface area contributed by atoms with Crippen molar-refractivity contribution in [2.45, 2.75) is 13.0 Å². The molecule has 16 heavy (non-hydrogen) atoms. The van der Waals surface area contributed by atoms with Crippen LogP contribution in [0.5, 0.6) is 0 Å². The van der Waals surface area contributed by atoms with Crippen molar-refractivity contribution in [1.82, 2.24) is 15.1 Å². The molecule has 1 rings (SSSR count). The molecule has 2 N–H and O–H groups in total. The molecule has 0 aromatic carbocycles. The summed E-state index contributed by atoms with van der Waals surface area (Å²) in [6.45, 7) is 1.79. The van der Waals surface area contributed by atoms with Gasteiger partial charge in [-0.15, -0.1) is 0 Å². The van der Waals surface area contributed by atoms with Gasteiger partial charge in [-0.3, -0.25) is 9.48 Å². The van der Waals surface area contributed by atoms with Gasteiger partial charge in [-0.1, -0.05) is 0 Å². The molecule has 6 heteroatoms. The third-order valence-corrected chi connectivity index (χ3v) is 1.93. The van der Waals surface area contributed by atoms with Crippen LogP contribution in [0.2, 0.25) is 0 Å². The molecule has 1 heterocycles. The average molecular weight is 227 g/mol. The highest BCUT2D eigenvalue weighted by molar-refractivity contribution is 5.75. The van der Waals surface area contributed by atoms with Gasteiger partial charge in [0.15, 0.2) is 0 Å². The number of aromatic nitrogens is 2. The number of hydrogen-bond donors (Lipinski definition) is 2. The lowest BCUT2D eigenvalue weighted by Crippen LogP contribution is -2.28. The molecular weight excluding hydrogens is 210 g/mol. The monoisotopic (exact) mass is 227 g/mol. The minimum absolute atomic E-state index is 0.00719. The predicted octanol–water partition coefficient (Wildman–Crippen LogP) is -0.602. The molecule has 1 aromatic rings. The molecule has 0 bridgehead atoms. The van der Waals surface area contributed by atoms with Gasteiger partial charge in [0.1, 0.15) is 0 Å². The van der Waals surface area contributed by atoms with Gasteiger partial charge in [0.25, 0.3) is 0 Å². The maximum atomic E-state index is 11.3. The number of aliphatic hydroxyl groups is 1. The van der Waals surface area contributed by atoms with E-state index in [1.54, 1.807) is 10.9 Å². The summed E-state index contributed by atoms with van der Waals surface area (Å²) >= 11 is 0. The van der Waals surface area contributed by atoms with Gasteiger partial charge in [0.2, 0.25) is 5.91 Å². The van der Waals surface area contributed by atoms with Gasteiger partial charge in [-0.2, -0.15) is 5.10 Å². The Morgan fingerprint density at radius 3 is 3.06 bits per heavy atom. The molecule has 1 aromatic heterocycles. The third-order valence-electron chi connectivity index (χ3n) is 1.93. The first-order valence-electron chi connectivity index (χ1n) is 5.25. The maximum Gasteiger partial charge on any atom is 0.221 e. The lowest BCUT2D eigenvalue weighted by Gasteiger charge is -2.05. The summed E-state index contributed by atoms with van der Waals surface area (Å²) < 4.78 is 6.71. The van der Waals surface area contributed by atoms with Crippen LogP contribution in [0, 0.1) is 0 Å².